The summed E-state index contributed by atoms with van der Waals surface area (Å²) in [5.41, 5.74) is 10.7. The molecule has 18 nitrogen and oxygen atoms in total. The molecular weight excluding hydrogens is 1040 g/mol. The molecule has 8 atom stereocenters. The fraction of sp³-hybridized carbons (Fsp3) is 0.475. The lowest BCUT2D eigenvalue weighted by Crippen LogP contribution is -2.61. The number of nitrogen functional groups attached to an aromatic ring is 1. The zero-order chi connectivity index (χ0) is 57.4. The predicted molar refractivity (Wildman–Crippen MR) is 307 cm³/mol. The monoisotopic (exact) mass is 1120 g/mol. The van der Waals surface area contributed by atoms with E-state index in [0.29, 0.717) is 64.2 Å². The van der Waals surface area contributed by atoms with Gasteiger partial charge < -0.3 is 46.5 Å². The number of aromatic nitrogens is 1. The lowest BCUT2D eigenvalue weighted by molar-refractivity contribution is -0.132. The summed E-state index contributed by atoms with van der Waals surface area (Å²) in [4.78, 5) is 48.6. The highest BCUT2D eigenvalue weighted by molar-refractivity contribution is 7.89. The van der Waals surface area contributed by atoms with Crippen LogP contribution < -0.4 is 21.7 Å². The highest BCUT2D eigenvalue weighted by atomic mass is 32.2. The summed E-state index contributed by atoms with van der Waals surface area (Å²) in [6.07, 6.45) is 1.98. The maximum absolute atomic E-state index is 13.8. The van der Waals surface area contributed by atoms with Gasteiger partial charge in [0, 0.05) is 88.2 Å². The largest absolute Gasteiger partial charge is 0.444 e. The number of nitrogens with zero attached hydrogens (tertiary/aromatic N) is 4. The third kappa shape index (κ3) is 18.4. The fourth-order valence-electron chi connectivity index (χ4n) is 10.5. The number of aliphatic hydroxyl groups excluding tert-OH is 3. The van der Waals surface area contributed by atoms with Crippen LogP contribution in [0.1, 0.15) is 81.3 Å². The van der Waals surface area contributed by atoms with Crippen LogP contribution in [0.25, 0.3) is 0 Å². The van der Waals surface area contributed by atoms with Gasteiger partial charge in [0.15, 0.2) is 0 Å². The van der Waals surface area contributed by atoms with Crippen molar-refractivity contribution >= 4 is 33.6 Å². The van der Waals surface area contributed by atoms with Crippen LogP contribution in [0, 0.1) is 11.8 Å². The number of nitrogens with one attached hydrogen (secondary N) is 3. The number of alkyl carbamates (subject to hydrolysis) is 1. The van der Waals surface area contributed by atoms with Gasteiger partial charge in [0.2, 0.25) is 21.8 Å². The number of rotatable bonds is 22. The highest BCUT2D eigenvalue weighted by Gasteiger charge is 2.38. The second-order valence-corrected chi connectivity index (χ2v) is 24.7. The smallest absolute Gasteiger partial charge is 0.407 e. The van der Waals surface area contributed by atoms with Crippen LogP contribution in [0.5, 0.6) is 0 Å². The number of anilines is 1. The third-order valence-corrected chi connectivity index (χ3v) is 16.3. The van der Waals surface area contributed by atoms with Crippen molar-refractivity contribution in [1.82, 2.24) is 35.0 Å². The van der Waals surface area contributed by atoms with Gasteiger partial charge in [-0.25, -0.2) is 13.2 Å². The second-order valence-electron chi connectivity index (χ2n) is 22.8. The Hall–Kier alpha value is -6.29. The van der Waals surface area contributed by atoms with Gasteiger partial charge in [0.05, 0.1) is 48.5 Å². The molecule has 19 heteroatoms. The van der Waals surface area contributed by atoms with E-state index in [9.17, 15) is 38.1 Å². The van der Waals surface area contributed by atoms with Gasteiger partial charge in [-0.15, -0.1) is 0 Å². The molecule has 3 amide bonds. The van der Waals surface area contributed by atoms with Gasteiger partial charge >= 0.3 is 6.09 Å². The SMILES string of the molecule is CC(C)(C)NC(=O)[C@@H]1CN(Cc2cccnc2)CCN1C[C@@H](O)C[C@@H](Cc1ccccc1)C(=O)N[C@H]1c2ccccc2C[C@H]1O.CC(C)CN(C[C@@H](O)[C@H](Cc1ccccc1)NC(=O)O[C@H]1CCOC1)S(=O)(=O)c1ccc(N)cc1. The minimum atomic E-state index is -3.90. The van der Waals surface area contributed by atoms with E-state index in [1.54, 1.807) is 6.20 Å². The highest BCUT2D eigenvalue weighted by Crippen LogP contribution is 2.32. The first-order chi connectivity index (χ1) is 38.2. The first-order valence-corrected chi connectivity index (χ1v) is 29.2. The molecule has 8 rings (SSSR count). The van der Waals surface area contributed by atoms with Crippen LogP contribution >= 0.6 is 0 Å². The van der Waals surface area contributed by atoms with Crippen molar-refractivity contribution in [2.45, 2.75) is 126 Å². The van der Waals surface area contributed by atoms with Crippen LogP contribution in [-0.4, -0.2) is 155 Å². The number of carbonyl (C=O) groups is 3. The Bertz CT molecular complexity index is 2840. The minimum absolute atomic E-state index is 0.0126. The number of benzene rings is 4. The molecule has 8 N–H and O–H groups in total. The van der Waals surface area contributed by atoms with Crippen LogP contribution in [0.15, 0.2) is 139 Å². The zero-order valence-corrected chi connectivity index (χ0v) is 47.6. The molecule has 3 aliphatic rings. The number of amides is 3. The number of fused-ring (bicyclic) bond motifs is 1. The Morgan fingerprint density at radius 3 is 2.16 bits per heavy atom. The van der Waals surface area contributed by atoms with Crippen molar-refractivity contribution < 1.29 is 47.6 Å². The molecule has 2 aliphatic heterocycles. The van der Waals surface area contributed by atoms with Gasteiger partial charge in [-0.2, -0.15) is 4.31 Å². The van der Waals surface area contributed by atoms with Gasteiger partial charge in [0.25, 0.3) is 0 Å². The number of carbonyl (C=O) groups excluding carboxylic acids is 3. The van der Waals surface area contributed by atoms with Crippen molar-refractivity contribution in [2.75, 3.05) is 58.2 Å². The first kappa shape index (κ1) is 61.3. The summed E-state index contributed by atoms with van der Waals surface area (Å²) in [5.74, 6) is -0.769. The third-order valence-electron chi connectivity index (χ3n) is 14.4. The molecule has 4 aromatic carbocycles. The average molecular weight is 1120 g/mol. The average Bonchev–Trinajstić information content (AvgIpc) is 4.06. The fourth-order valence-corrected chi connectivity index (χ4v) is 12.1. The number of aliphatic hydroxyl groups is 3. The lowest BCUT2D eigenvalue weighted by Gasteiger charge is -2.42. The summed E-state index contributed by atoms with van der Waals surface area (Å²) in [5, 5.41) is 42.4. The quantitative estimate of drug-likeness (QED) is 0.0437. The van der Waals surface area contributed by atoms with Crippen molar-refractivity contribution in [2.24, 2.45) is 11.8 Å². The van der Waals surface area contributed by atoms with E-state index in [0.717, 1.165) is 34.4 Å². The Morgan fingerprint density at radius 1 is 0.863 bits per heavy atom. The molecule has 3 heterocycles. The molecule has 0 radical (unpaired) electrons. The van der Waals surface area contributed by atoms with E-state index in [2.05, 4.69) is 30.7 Å². The summed E-state index contributed by atoms with van der Waals surface area (Å²) < 4.78 is 38.7. The Kier molecular flexibility index (Phi) is 22.2. The molecule has 0 bridgehead atoms. The van der Waals surface area contributed by atoms with Crippen molar-refractivity contribution in [1.29, 1.82) is 0 Å². The summed E-state index contributed by atoms with van der Waals surface area (Å²) in [6.45, 7) is 13.4. The van der Waals surface area contributed by atoms with Crippen molar-refractivity contribution in [3.05, 3.63) is 162 Å². The van der Waals surface area contributed by atoms with Gasteiger partial charge in [-0.05, 0) is 104 Å². The minimum Gasteiger partial charge on any atom is -0.444 e. The van der Waals surface area contributed by atoms with Crippen LogP contribution in [-0.2, 0) is 54.9 Å². The molecule has 0 unspecified atom stereocenters. The second kappa shape index (κ2) is 28.9. The maximum Gasteiger partial charge on any atom is 0.407 e. The number of pyridine rings is 1. The predicted octanol–water partition coefficient (Wildman–Crippen LogP) is 5.27. The van der Waals surface area contributed by atoms with Crippen LogP contribution in [0.3, 0.4) is 0 Å². The molecule has 5 aromatic rings. The number of hydrogen-bond acceptors (Lipinski definition) is 14. The standard InChI is InChI=1S/C36H47N5O4.C25H35N3O6S/c1-36(2,3)39-35(45)31-24-40(22-26-12-9-15-37-21-26)16-17-41(31)23-29(42)19-28(18-25-10-5-4-6-11-25)34(44)38-33-30-14-8-7-13-27(30)20-32(33)43;1-18(2)15-28(35(31,32)22-10-8-20(26)9-11-22)16-24(29)23(14-19-6-4-3-5-7-19)27-25(30)34-21-12-13-33-17-21/h4-15,21,28-29,31-33,42-43H,16-20,22-24H2,1-3H3,(H,38,44)(H,39,45);3-11,18,21,23-24,29H,12-17,26H2,1-2H3,(H,27,30)/t28-,29+,31+,32-,33+;21-,23-,24+/m10/s1. The molecule has 2 saturated heterocycles. The summed E-state index contributed by atoms with van der Waals surface area (Å²) >= 11 is 0. The molecule has 2 fully saturated rings. The summed E-state index contributed by atoms with van der Waals surface area (Å²) in [7, 11) is -3.90. The van der Waals surface area contributed by atoms with Gasteiger partial charge in [0.1, 0.15) is 12.1 Å². The van der Waals surface area contributed by atoms with E-state index >= 15 is 0 Å². The summed E-state index contributed by atoms with van der Waals surface area (Å²) in [6, 6.07) is 35.2. The molecule has 432 valence electrons. The molecular formula is C61H82N8O10S. The van der Waals surface area contributed by atoms with Gasteiger partial charge in [-0.1, -0.05) is 105 Å². The Balaban J connectivity index is 0.000000239. The van der Waals surface area contributed by atoms with Gasteiger partial charge in [-0.3, -0.25) is 24.4 Å². The lowest BCUT2D eigenvalue weighted by atomic mass is 9.91. The molecule has 0 saturated carbocycles. The van der Waals surface area contributed by atoms with E-state index in [1.807, 2.05) is 138 Å². The number of sulfonamides is 1. The van der Waals surface area contributed by atoms with E-state index in [1.165, 1.54) is 28.6 Å². The molecule has 80 heavy (non-hydrogen) atoms. The number of hydrogen-bond donors (Lipinski definition) is 7. The first-order valence-electron chi connectivity index (χ1n) is 27.8. The van der Waals surface area contributed by atoms with E-state index < -0.39 is 64.0 Å². The number of ether oxygens (including phenoxy) is 2. The molecule has 1 aliphatic carbocycles. The van der Waals surface area contributed by atoms with E-state index in [-0.39, 0.29) is 54.8 Å². The van der Waals surface area contributed by atoms with Crippen molar-refractivity contribution in [3.8, 4) is 0 Å². The number of nitrogens with two attached hydrogens (primary N) is 1. The topological polar surface area (TPSA) is 249 Å². The Morgan fingerprint density at radius 2 is 1.52 bits per heavy atom. The number of piperazine rings is 1. The molecule has 1 aromatic heterocycles. The normalized spacial score (nSPS) is 20.2. The number of β-amino-alcohol motifs (C(OH)–C–C–N with tert-alkyl or cyclic N) is 1. The maximum atomic E-state index is 13.8. The Labute approximate surface area is 472 Å². The molecule has 0 spiro atoms. The van der Waals surface area contributed by atoms with Crippen LogP contribution in [0.4, 0.5) is 10.5 Å². The van der Waals surface area contributed by atoms with E-state index in [4.69, 9.17) is 15.2 Å². The zero-order valence-electron chi connectivity index (χ0n) is 46.8. The van der Waals surface area contributed by atoms with Crippen LogP contribution in [0.2, 0.25) is 0 Å². The van der Waals surface area contributed by atoms with Crippen molar-refractivity contribution in [3.63, 3.8) is 0 Å².